The van der Waals surface area contributed by atoms with Crippen LogP contribution in [0.4, 0.5) is 5.95 Å². The summed E-state index contributed by atoms with van der Waals surface area (Å²) in [5.41, 5.74) is 0.942. The highest BCUT2D eigenvalue weighted by Crippen LogP contribution is 2.16. The zero-order chi connectivity index (χ0) is 17.6. The van der Waals surface area contributed by atoms with Crippen molar-refractivity contribution in [2.24, 2.45) is 0 Å². The van der Waals surface area contributed by atoms with Crippen LogP contribution in [-0.2, 0) is 4.79 Å². The zero-order valence-electron chi connectivity index (χ0n) is 14.8. The van der Waals surface area contributed by atoms with Gasteiger partial charge >= 0.3 is 0 Å². The lowest BCUT2D eigenvalue weighted by atomic mass is 10.2. The molecule has 1 aliphatic heterocycles. The number of aromatic nitrogens is 4. The van der Waals surface area contributed by atoms with E-state index in [1.54, 1.807) is 4.68 Å². The minimum atomic E-state index is 0.0944. The Morgan fingerprint density at radius 3 is 2.60 bits per heavy atom. The first-order valence-electron chi connectivity index (χ1n) is 8.78. The lowest BCUT2D eigenvalue weighted by Crippen LogP contribution is -2.50. The molecule has 1 atom stereocenters. The molecular weight excluding hydrogens is 318 g/mol. The topological polar surface area (TPSA) is 79.2 Å². The van der Waals surface area contributed by atoms with Gasteiger partial charge in [-0.25, -0.2) is 0 Å². The van der Waals surface area contributed by atoms with Gasteiger partial charge < -0.3 is 10.2 Å². The van der Waals surface area contributed by atoms with Gasteiger partial charge in [0.05, 0.1) is 12.2 Å². The van der Waals surface area contributed by atoms with Crippen LogP contribution in [0, 0.1) is 0 Å². The molecule has 1 saturated heterocycles. The third kappa shape index (κ3) is 4.33. The van der Waals surface area contributed by atoms with Crippen LogP contribution in [0.5, 0.6) is 0 Å². The van der Waals surface area contributed by atoms with Gasteiger partial charge in [-0.05, 0) is 35.9 Å². The van der Waals surface area contributed by atoms with E-state index < -0.39 is 0 Å². The third-order valence-electron chi connectivity index (χ3n) is 4.50. The maximum absolute atomic E-state index is 12.0. The molecule has 0 radical (unpaired) electrons. The normalized spacial score (nSPS) is 16.6. The monoisotopic (exact) mass is 343 g/mol. The largest absolute Gasteiger partial charge is 0.353 e. The maximum Gasteiger partial charge on any atom is 0.250 e. The van der Waals surface area contributed by atoms with Gasteiger partial charge in [-0.15, -0.1) is 0 Å². The lowest BCUT2D eigenvalue weighted by molar-refractivity contribution is -0.122. The van der Waals surface area contributed by atoms with E-state index >= 15 is 0 Å². The Morgan fingerprint density at radius 1 is 1.20 bits per heavy atom. The average Bonchev–Trinajstić information content (AvgIpc) is 3.12. The molecule has 0 bridgehead atoms. The van der Waals surface area contributed by atoms with Crippen molar-refractivity contribution in [3.8, 4) is 5.69 Å². The number of rotatable bonds is 6. The molecule has 1 aliphatic rings. The number of piperazine rings is 1. The molecule has 0 spiro atoms. The van der Waals surface area contributed by atoms with Crippen LogP contribution in [0.3, 0.4) is 0 Å². The first-order chi connectivity index (χ1) is 12.2. The number of amides is 1. The maximum atomic E-state index is 12.0. The van der Waals surface area contributed by atoms with Crippen molar-refractivity contribution >= 4 is 11.9 Å². The second-order valence-electron chi connectivity index (χ2n) is 6.37. The molecule has 0 saturated carbocycles. The van der Waals surface area contributed by atoms with Crippen LogP contribution in [0.15, 0.2) is 30.3 Å². The van der Waals surface area contributed by atoms with Gasteiger partial charge in [0.25, 0.3) is 0 Å². The van der Waals surface area contributed by atoms with Gasteiger partial charge in [0.2, 0.25) is 11.9 Å². The van der Waals surface area contributed by atoms with E-state index in [-0.39, 0.29) is 11.9 Å². The van der Waals surface area contributed by atoms with Crippen LogP contribution >= 0.6 is 0 Å². The van der Waals surface area contributed by atoms with Crippen molar-refractivity contribution in [3.05, 3.63) is 30.3 Å². The van der Waals surface area contributed by atoms with E-state index in [9.17, 15) is 4.79 Å². The van der Waals surface area contributed by atoms with Crippen molar-refractivity contribution in [1.29, 1.82) is 0 Å². The highest BCUT2D eigenvalue weighted by atomic mass is 16.2. The van der Waals surface area contributed by atoms with Gasteiger partial charge in [0, 0.05) is 32.2 Å². The Balaban J connectivity index is 1.57. The number of hydrogen-bond donors (Lipinski definition) is 1. The van der Waals surface area contributed by atoms with Crippen LogP contribution < -0.4 is 10.2 Å². The molecule has 1 fully saturated rings. The molecule has 3 rings (SSSR count). The summed E-state index contributed by atoms with van der Waals surface area (Å²) in [6, 6.07) is 10.1. The summed E-state index contributed by atoms with van der Waals surface area (Å²) in [6.07, 6.45) is 0.946. The minimum Gasteiger partial charge on any atom is -0.353 e. The smallest absolute Gasteiger partial charge is 0.250 e. The van der Waals surface area contributed by atoms with Gasteiger partial charge in [-0.2, -0.15) is 4.68 Å². The van der Waals surface area contributed by atoms with Crippen molar-refractivity contribution in [2.75, 3.05) is 37.6 Å². The summed E-state index contributed by atoms with van der Waals surface area (Å²) in [5, 5.41) is 15.1. The van der Waals surface area contributed by atoms with Crippen LogP contribution in [0.2, 0.25) is 0 Å². The standard InChI is InChI=1S/C17H25N7O/c1-3-14(2)18-16(25)13-22-9-11-23(12-10-22)17-19-20-21-24(17)15-7-5-4-6-8-15/h4-8,14H,3,9-13H2,1-2H3,(H,18,25)/t14-/m0/s1. The molecule has 1 aromatic carbocycles. The molecule has 8 heteroatoms. The van der Waals surface area contributed by atoms with Crippen molar-refractivity contribution in [3.63, 3.8) is 0 Å². The van der Waals surface area contributed by atoms with Crippen molar-refractivity contribution < 1.29 is 4.79 Å². The molecule has 1 N–H and O–H groups in total. The van der Waals surface area contributed by atoms with E-state index in [4.69, 9.17) is 0 Å². The number of nitrogens with one attached hydrogen (secondary N) is 1. The predicted molar refractivity (Wildman–Crippen MR) is 95.7 cm³/mol. The third-order valence-corrected chi connectivity index (χ3v) is 4.50. The number of hydrogen-bond acceptors (Lipinski definition) is 6. The Labute approximate surface area is 147 Å². The number of benzene rings is 1. The van der Waals surface area contributed by atoms with Crippen LogP contribution in [0.1, 0.15) is 20.3 Å². The number of carbonyl (C=O) groups is 1. The number of tetrazole rings is 1. The summed E-state index contributed by atoms with van der Waals surface area (Å²) < 4.78 is 1.76. The van der Waals surface area contributed by atoms with Gasteiger partial charge in [-0.1, -0.05) is 30.2 Å². The molecule has 0 aliphatic carbocycles. The van der Waals surface area contributed by atoms with Gasteiger partial charge in [0.15, 0.2) is 0 Å². The number of carbonyl (C=O) groups excluding carboxylic acids is 1. The Morgan fingerprint density at radius 2 is 1.92 bits per heavy atom. The summed E-state index contributed by atoms with van der Waals surface area (Å²) in [5.74, 6) is 0.840. The molecule has 2 heterocycles. The van der Waals surface area contributed by atoms with Gasteiger partial charge in [-0.3, -0.25) is 9.69 Å². The second-order valence-corrected chi connectivity index (χ2v) is 6.37. The summed E-state index contributed by atoms with van der Waals surface area (Å²) in [4.78, 5) is 16.4. The summed E-state index contributed by atoms with van der Waals surface area (Å²) >= 11 is 0. The van der Waals surface area contributed by atoms with E-state index in [1.807, 2.05) is 37.3 Å². The molecule has 8 nitrogen and oxygen atoms in total. The van der Waals surface area contributed by atoms with E-state index in [0.717, 1.165) is 44.2 Å². The first-order valence-corrected chi connectivity index (χ1v) is 8.78. The molecule has 134 valence electrons. The average molecular weight is 343 g/mol. The Hall–Kier alpha value is -2.48. The predicted octanol–water partition coefficient (Wildman–Crippen LogP) is 0.699. The highest BCUT2D eigenvalue weighted by molar-refractivity contribution is 5.78. The van der Waals surface area contributed by atoms with Gasteiger partial charge in [0.1, 0.15) is 0 Å². The first kappa shape index (κ1) is 17.3. The van der Waals surface area contributed by atoms with E-state index in [2.05, 4.69) is 37.6 Å². The fourth-order valence-electron chi connectivity index (χ4n) is 2.85. The van der Waals surface area contributed by atoms with Crippen LogP contribution in [0.25, 0.3) is 5.69 Å². The lowest BCUT2D eigenvalue weighted by Gasteiger charge is -2.34. The number of para-hydroxylation sites is 1. The Kier molecular flexibility index (Phi) is 5.60. The zero-order valence-corrected chi connectivity index (χ0v) is 14.8. The quantitative estimate of drug-likeness (QED) is 0.832. The van der Waals surface area contributed by atoms with Crippen molar-refractivity contribution in [2.45, 2.75) is 26.3 Å². The molecule has 25 heavy (non-hydrogen) atoms. The number of anilines is 1. The summed E-state index contributed by atoms with van der Waals surface area (Å²) in [7, 11) is 0. The molecule has 2 aromatic rings. The second kappa shape index (κ2) is 8.06. The van der Waals surface area contributed by atoms with E-state index in [1.165, 1.54) is 0 Å². The fourth-order valence-corrected chi connectivity index (χ4v) is 2.85. The van der Waals surface area contributed by atoms with Crippen LogP contribution in [-0.4, -0.2) is 69.8 Å². The molecular formula is C17H25N7O. The number of nitrogens with zero attached hydrogens (tertiary/aromatic N) is 6. The Bertz CT molecular complexity index is 679. The summed E-state index contributed by atoms with van der Waals surface area (Å²) in [6.45, 7) is 7.76. The highest BCUT2D eigenvalue weighted by Gasteiger charge is 2.23. The molecule has 1 aromatic heterocycles. The van der Waals surface area contributed by atoms with E-state index in [0.29, 0.717) is 6.54 Å². The molecule has 0 unspecified atom stereocenters. The van der Waals surface area contributed by atoms with Crippen molar-refractivity contribution in [1.82, 2.24) is 30.4 Å². The molecule has 1 amide bonds. The minimum absolute atomic E-state index is 0.0944. The SMILES string of the molecule is CC[C@H](C)NC(=O)CN1CCN(c2nnnn2-c2ccccc2)CC1. The fraction of sp³-hybridized carbons (Fsp3) is 0.529.